The molecule has 13 rings (SSSR count). The Hall–Kier alpha value is -2.92. The first-order chi connectivity index (χ1) is 37.1. The van der Waals surface area contributed by atoms with Crippen molar-refractivity contribution in [3.63, 3.8) is 0 Å². The van der Waals surface area contributed by atoms with Crippen LogP contribution in [0.2, 0.25) is 0 Å². The number of piperidine rings is 2. The molecule has 9 heteroatoms. The summed E-state index contributed by atoms with van der Waals surface area (Å²) in [6, 6.07) is 10.4. The number of ether oxygens (including phenoxy) is 2. The number of ketones is 1. The number of hydrogen-bond acceptors (Lipinski definition) is 8. The van der Waals surface area contributed by atoms with Gasteiger partial charge in [0.25, 0.3) is 5.91 Å². The molecule has 4 aliphatic heterocycles. The first-order valence-electron chi connectivity index (χ1n) is 31.9. The molecule has 0 bridgehead atoms. The van der Waals surface area contributed by atoms with Crippen LogP contribution in [0, 0.1) is 58.2 Å². The summed E-state index contributed by atoms with van der Waals surface area (Å²) in [5, 5.41) is 27.4. The number of benzene rings is 1. The molecule has 422 valence electrons. The number of likely N-dealkylation sites (tertiary alicyclic amines) is 1. The SMILES string of the molecule is CC1=C2C[C@H]3[C@@H](CC=C4CC(O)CC[C@@]43C)[C@@H]2CC[C@@]12CC1NC[C@@H](C)C[C@H]1O2.CC1=C2C[C@H]3[C@@H](CC=C4CC(O)CC[C@@]43C)[C@@H]2CC[C@@]12CC1[C@@H](C[C@H](C)CN1CCCC(=O)CCCCCNC(=O)c1ccccc1)O2. The number of nitrogens with one attached hydrogen (secondary N) is 2. The van der Waals surface area contributed by atoms with E-state index in [4.69, 9.17) is 9.47 Å². The summed E-state index contributed by atoms with van der Waals surface area (Å²) in [5.41, 5.74) is 11.0. The van der Waals surface area contributed by atoms with E-state index in [1.54, 1.807) is 33.4 Å². The van der Waals surface area contributed by atoms with E-state index >= 15 is 0 Å². The number of carbonyl (C=O) groups is 2. The third-order valence-corrected chi connectivity index (χ3v) is 24.3. The number of amides is 1. The molecule has 12 aliphatic rings. The molecule has 77 heavy (non-hydrogen) atoms. The van der Waals surface area contributed by atoms with Gasteiger partial charge in [-0.15, -0.1) is 0 Å². The molecule has 0 radical (unpaired) electrons. The molecule has 4 unspecified atom stereocenters. The lowest BCUT2D eigenvalue weighted by Gasteiger charge is -2.49. The molecule has 18 atom stereocenters. The topological polar surface area (TPSA) is 120 Å². The average molecular weight is 1050 g/mol. The lowest BCUT2D eigenvalue weighted by atomic mass is 9.56. The maximum Gasteiger partial charge on any atom is 0.251 e. The highest BCUT2D eigenvalue weighted by molar-refractivity contribution is 5.94. The summed E-state index contributed by atoms with van der Waals surface area (Å²) in [7, 11) is 0. The number of aliphatic hydroxyl groups is 2. The largest absolute Gasteiger partial charge is 0.393 e. The summed E-state index contributed by atoms with van der Waals surface area (Å²) in [5.74, 6) is 6.27. The zero-order valence-corrected chi connectivity index (χ0v) is 48.4. The number of Topliss-reactive ketones (excluding diaryl/α,β-unsaturated/α-hetero) is 1. The Morgan fingerprint density at radius 3 is 1.92 bits per heavy atom. The van der Waals surface area contributed by atoms with E-state index in [1.165, 1.54) is 64.2 Å². The second kappa shape index (κ2) is 21.8. The van der Waals surface area contributed by atoms with Crippen LogP contribution in [0.5, 0.6) is 0 Å². The number of unbranched alkanes of at least 4 members (excludes halogenated alkanes) is 2. The minimum Gasteiger partial charge on any atom is -0.393 e. The van der Waals surface area contributed by atoms with E-state index in [2.05, 4.69) is 69.2 Å². The quantitative estimate of drug-likeness (QED) is 0.128. The van der Waals surface area contributed by atoms with Gasteiger partial charge in [-0.2, -0.15) is 0 Å². The number of allylic oxidation sites excluding steroid dienone is 4. The van der Waals surface area contributed by atoms with E-state index in [-0.39, 0.29) is 34.7 Å². The van der Waals surface area contributed by atoms with Crippen LogP contribution in [0.25, 0.3) is 0 Å². The van der Waals surface area contributed by atoms with Gasteiger partial charge in [-0.05, 0) is 243 Å². The monoisotopic (exact) mass is 1050 g/mol. The standard InChI is InChI=1S/C42H60N2O4.C26H39NO2/c1-28-23-39-38(44(27-28)22-10-14-32(45)13-8-5-9-21-43-40(47)30-11-6-4-7-12-30)26-42(48-39)20-18-34-35-16-15-31-24-33(46)17-19-41(31,3)37(35)25-36(34)29(42)2;1-15-10-24-23(27-14-15)13-26(29-24)9-7-19-20-5-4-17-11-18(28)6-8-25(17,3)22(20)12-21(19)16(26)2/h4,6-7,11-12,15,28,33-35,37-39,46H,5,8-10,13-14,16-27H2,1-3H3,(H,43,47);4,15,18-20,22-24,27-28H,5-14H2,1-3H3/t28-,33?,34-,35-,37-,38?,39+,41-,42+;15-,18?,19-,20-,22-,23?,24+,25-,26+/m00/s1. The minimum atomic E-state index is -0.148. The average Bonchev–Trinajstić information content (AvgIpc) is 4.42. The van der Waals surface area contributed by atoms with Crippen molar-refractivity contribution in [3.05, 3.63) is 81.5 Å². The van der Waals surface area contributed by atoms with Crippen LogP contribution in [-0.4, -0.2) is 101 Å². The number of carbonyl (C=O) groups excluding carboxylic acids is 2. The maximum atomic E-state index is 12.8. The van der Waals surface area contributed by atoms with Gasteiger partial charge in [0, 0.05) is 43.6 Å². The lowest BCUT2D eigenvalue weighted by molar-refractivity contribution is -0.119. The Labute approximate surface area is 463 Å². The molecule has 4 heterocycles. The Balaban J connectivity index is 0.000000174. The van der Waals surface area contributed by atoms with Crippen molar-refractivity contribution in [3.8, 4) is 0 Å². The Morgan fingerprint density at radius 1 is 0.701 bits per heavy atom. The molecule has 1 amide bonds. The number of hydrogen-bond donors (Lipinski definition) is 4. The second-order valence-corrected chi connectivity index (χ2v) is 28.6. The summed E-state index contributed by atoms with van der Waals surface area (Å²) >= 11 is 0. The van der Waals surface area contributed by atoms with Crippen LogP contribution in [0.15, 0.2) is 75.9 Å². The third kappa shape index (κ3) is 10.1. The van der Waals surface area contributed by atoms with E-state index in [0.717, 1.165) is 126 Å². The Morgan fingerprint density at radius 2 is 1.29 bits per heavy atom. The number of rotatable bonds is 11. The van der Waals surface area contributed by atoms with Crippen LogP contribution >= 0.6 is 0 Å². The molecule has 8 aliphatic carbocycles. The Kier molecular flexibility index (Phi) is 15.4. The molecule has 4 N–H and O–H groups in total. The zero-order valence-electron chi connectivity index (χ0n) is 48.4. The molecule has 1 aromatic carbocycles. The first-order valence-corrected chi connectivity index (χ1v) is 31.9. The van der Waals surface area contributed by atoms with Crippen LogP contribution in [0.4, 0.5) is 0 Å². The molecule has 4 saturated heterocycles. The van der Waals surface area contributed by atoms with E-state index < -0.39 is 0 Å². The first kappa shape index (κ1) is 54.7. The zero-order chi connectivity index (χ0) is 53.4. The highest BCUT2D eigenvalue weighted by atomic mass is 16.5. The predicted octanol–water partition coefficient (Wildman–Crippen LogP) is 12.6. The molecule has 0 aromatic heterocycles. The maximum absolute atomic E-state index is 12.8. The van der Waals surface area contributed by atoms with Gasteiger partial charge in [0.1, 0.15) is 5.78 Å². The normalized spacial score (nSPS) is 43.6. The summed E-state index contributed by atoms with van der Waals surface area (Å²) in [6.07, 6.45) is 31.2. The van der Waals surface area contributed by atoms with E-state index in [0.29, 0.717) is 78.2 Å². The molecular weight excluding hydrogens is 955 g/mol. The summed E-state index contributed by atoms with van der Waals surface area (Å²) < 4.78 is 14.1. The summed E-state index contributed by atoms with van der Waals surface area (Å²) in [6.45, 7) is 18.6. The summed E-state index contributed by atoms with van der Waals surface area (Å²) in [4.78, 5) is 27.7. The van der Waals surface area contributed by atoms with Gasteiger partial charge in [-0.1, -0.05) is 86.8 Å². The van der Waals surface area contributed by atoms with E-state index in [1.807, 2.05) is 30.3 Å². The molecule has 9 nitrogen and oxygen atoms in total. The van der Waals surface area contributed by atoms with Crippen molar-refractivity contribution in [1.29, 1.82) is 0 Å². The smallest absolute Gasteiger partial charge is 0.251 e. The van der Waals surface area contributed by atoms with Crippen LogP contribution < -0.4 is 10.6 Å². The van der Waals surface area contributed by atoms with Crippen molar-refractivity contribution in [1.82, 2.24) is 15.5 Å². The third-order valence-electron chi connectivity index (χ3n) is 24.3. The van der Waals surface area contributed by atoms with Crippen LogP contribution in [-0.2, 0) is 14.3 Å². The van der Waals surface area contributed by atoms with E-state index in [9.17, 15) is 19.8 Å². The second-order valence-electron chi connectivity index (χ2n) is 28.6. The van der Waals surface area contributed by atoms with Crippen LogP contribution in [0.3, 0.4) is 0 Å². The van der Waals surface area contributed by atoms with Crippen molar-refractivity contribution < 1.29 is 29.3 Å². The highest BCUT2D eigenvalue weighted by Gasteiger charge is 2.61. The van der Waals surface area contributed by atoms with Crippen molar-refractivity contribution in [2.45, 2.75) is 243 Å². The number of fused-ring (bicyclic) bond motifs is 12. The fourth-order valence-electron chi connectivity index (χ4n) is 19.9. The molecule has 4 saturated carbocycles. The van der Waals surface area contributed by atoms with Crippen molar-refractivity contribution in [2.75, 3.05) is 26.2 Å². The number of nitrogens with zero attached hydrogens (tertiary/aromatic N) is 1. The van der Waals surface area contributed by atoms with Gasteiger partial charge in [0.15, 0.2) is 0 Å². The van der Waals surface area contributed by atoms with Gasteiger partial charge < -0.3 is 30.3 Å². The van der Waals surface area contributed by atoms with Gasteiger partial charge in [-0.3, -0.25) is 14.5 Å². The van der Waals surface area contributed by atoms with Gasteiger partial charge in [0.2, 0.25) is 0 Å². The molecule has 2 spiro atoms. The minimum absolute atomic E-state index is 0.0195. The lowest BCUT2D eigenvalue weighted by Crippen LogP contribution is -2.49. The number of aliphatic hydroxyl groups excluding tert-OH is 2. The molecule has 8 fully saturated rings. The molecular formula is C68H99N3O6. The van der Waals surface area contributed by atoms with Gasteiger partial charge >= 0.3 is 0 Å². The highest BCUT2D eigenvalue weighted by Crippen LogP contribution is 2.66. The predicted molar refractivity (Wildman–Crippen MR) is 306 cm³/mol. The fourth-order valence-corrected chi connectivity index (χ4v) is 19.9. The van der Waals surface area contributed by atoms with Crippen LogP contribution in [0.1, 0.15) is 206 Å². The fraction of sp³-hybridized carbons (Fsp3) is 0.765. The van der Waals surface area contributed by atoms with Crippen molar-refractivity contribution in [2.24, 2.45) is 58.2 Å². The van der Waals surface area contributed by atoms with Crippen molar-refractivity contribution >= 4 is 11.7 Å². The Bertz CT molecular complexity index is 2500. The van der Waals surface area contributed by atoms with Gasteiger partial charge in [0.05, 0.1) is 35.6 Å². The molecule has 1 aromatic rings. The van der Waals surface area contributed by atoms with Gasteiger partial charge in [-0.25, -0.2) is 0 Å².